The van der Waals surface area contributed by atoms with Crippen molar-refractivity contribution in [1.82, 2.24) is 0 Å². The van der Waals surface area contributed by atoms with Crippen LogP contribution in [0, 0.1) is 5.41 Å². The van der Waals surface area contributed by atoms with Gasteiger partial charge in [0.15, 0.2) is 0 Å². The summed E-state index contributed by atoms with van der Waals surface area (Å²) in [6, 6.07) is 0. The van der Waals surface area contributed by atoms with E-state index in [-0.39, 0.29) is 0 Å². The van der Waals surface area contributed by atoms with Crippen molar-refractivity contribution < 1.29 is 0 Å². The van der Waals surface area contributed by atoms with E-state index in [9.17, 15) is 0 Å². The van der Waals surface area contributed by atoms with Crippen molar-refractivity contribution in [3.8, 4) is 0 Å². The van der Waals surface area contributed by atoms with E-state index < -0.39 is 18.4 Å². The molecule has 1 aliphatic heterocycles. The summed E-state index contributed by atoms with van der Waals surface area (Å²) in [6.07, 6.45) is 16.9. The Morgan fingerprint density at radius 1 is 0.889 bits per heavy atom. The quantitative estimate of drug-likeness (QED) is 0.395. The van der Waals surface area contributed by atoms with Gasteiger partial charge in [0, 0.05) is 0 Å². The Labute approximate surface area is 118 Å². The zero-order valence-corrected chi connectivity index (χ0v) is 15.5. The molecular formula is C17H32Sn. The minimum absolute atomic E-state index is 0.763. The Bertz CT molecular complexity index is 251. The van der Waals surface area contributed by atoms with Gasteiger partial charge in [-0.15, -0.1) is 0 Å². The second-order valence-electron chi connectivity index (χ2n) is 7.09. The van der Waals surface area contributed by atoms with E-state index >= 15 is 0 Å². The van der Waals surface area contributed by atoms with Gasteiger partial charge >= 0.3 is 119 Å². The molecule has 2 aliphatic rings. The third kappa shape index (κ3) is 3.55. The molecule has 0 radical (unpaired) electrons. The fraction of sp³-hybridized carbons (Fsp3) is 0.882. The van der Waals surface area contributed by atoms with Gasteiger partial charge in [-0.2, -0.15) is 0 Å². The van der Waals surface area contributed by atoms with Crippen molar-refractivity contribution in [2.75, 3.05) is 0 Å². The molecule has 0 bridgehead atoms. The Hall–Kier alpha value is 0.539. The summed E-state index contributed by atoms with van der Waals surface area (Å²) in [5.41, 5.74) is 0.763. The summed E-state index contributed by atoms with van der Waals surface area (Å²) < 4.78 is 6.90. The zero-order chi connectivity index (χ0) is 12.9. The van der Waals surface area contributed by atoms with Crippen molar-refractivity contribution in [3.05, 3.63) is 12.2 Å². The molecule has 18 heavy (non-hydrogen) atoms. The molecule has 0 aromatic heterocycles. The molecule has 0 amide bonds. The number of unbranched alkanes of at least 4 members (excludes halogenated alkanes) is 2. The number of allylic oxidation sites excluding steroid dienone is 2. The first-order valence-electron chi connectivity index (χ1n) is 8.39. The van der Waals surface area contributed by atoms with Crippen LogP contribution in [-0.4, -0.2) is 18.4 Å². The first-order valence-corrected chi connectivity index (χ1v) is 16.5. The monoisotopic (exact) mass is 356 g/mol. The van der Waals surface area contributed by atoms with Crippen molar-refractivity contribution in [3.63, 3.8) is 0 Å². The second kappa shape index (κ2) is 6.81. The van der Waals surface area contributed by atoms with Gasteiger partial charge in [-0.1, -0.05) is 0 Å². The Balaban J connectivity index is 1.91. The second-order valence-corrected chi connectivity index (χ2v) is 21.4. The Morgan fingerprint density at radius 3 is 1.83 bits per heavy atom. The van der Waals surface area contributed by atoms with Crippen LogP contribution in [0.3, 0.4) is 0 Å². The van der Waals surface area contributed by atoms with E-state index in [0.29, 0.717) is 0 Å². The normalized spacial score (nSPS) is 24.8. The summed E-state index contributed by atoms with van der Waals surface area (Å²) in [4.78, 5) is 0. The van der Waals surface area contributed by atoms with Crippen molar-refractivity contribution >= 4 is 18.4 Å². The average molecular weight is 355 g/mol. The molecular weight excluding hydrogens is 323 g/mol. The molecule has 0 atom stereocenters. The predicted molar refractivity (Wildman–Crippen MR) is 84.8 cm³/mol. The fourth-order valence-corrected chi connectivity index (χ4v) is 20.8. The van der Waals surface area contributed by atoms with Gasteiger partial charge in [0.05, 0.1) is 0 Å². The standard InChI is InChI=1S/C9H14.2C4H9.Sn/c1-3-9(4-2)7-5-6-8-9;2*1-3-4-2;/h5-6H,1-4,7-8H2;2*1,3-4H2,2H3;. The molecule has 0 saturated carbocycles. The van der Waals surface area contributed by atoms with Gasteiger partial charge < -0.3 is 0 Å². The molecule has 104 valence electrons. The van der Waals surface area contributed by atoms with Gasteiger partial charge in [0.1, 0.15) is 0 Å². The van der Waals surface area contributed by atoms with E-state index in [4.69, 9.17) is 0 Å². The summed E-state index contributed by atoms with van der Waals surface area (Å²) in [7, 11) is 0. The number of hydrogen-bond donors (Lipinski definition) is 0. The molecule has 1 fully saturated rings. The summed E-state index contributed by atoms with van der Waals surface area (Å²) in [6.45, 7) is 4.76. The topological polar surface area (TPSA) is 0 Å². The molecule has 1 heterocycles. The van der Waals surface area contributed by atoms with E-state index in [1.807, 2.05) is 0 Å². The maximum absolute atomic E-state index is 2.46. The van der Waals surface area contributed by atoms with Crippen LogP contribution >= 0.6 is 0 Å². The van der Waals surface area contributed by atoms with E-state index in [1.165, 1.54) is 25.7 Å². The van der Waals surface area contributed by atoms with Crippen LogP contribution in [0.1, 0.15) is 65.2 Å². The molecule has 0 aromatic rings. The third-order valence-electron chi connectivity index (χ3n) is 5.76. The van der Waals surface area contributed by atoms with Crippen LogP contribution in [0.4, 0.5) is 0 Å². The van der Waals surface area contributed by atoms with Gasteiger partial charge in [-0.05, 0) is 0 Å². The molecule has 2 rings (SSSR count). The average Bonchev–Trinajstić information content (AvgIpc) is 2.86. The molecule has 1 spiro atoms. The molecule has 0 N–H and O–H groups in total. The molecule has 0 nitrogen and oxygen atoms in total. The molecule has 1 saturated heterocycles. The van der Waals surface area contributed by atoms with Gasteiger partial charge in [-0.25, -0.2) is 0 Å². The Kier molecular flexibility index (Phi) is 5.65. The van der Waals surface area contributed by atoms with Crippen LogP contribution in [0.5, 0.6) is 0 Å². The maximum atomic E-state index is 2.46. The SMILES string of the molecule is CCC[CH2][Sn]1([CH2]CCC)[CH2]CC2(CC=CC2)C[CH2]1. The van der Waals surface area contributed by atoms with Crippen LogP contribution in [0.15, 0.2) is 12.2 Å². The van der Waals surface area contributed by atoms with Gasteiger partial charge in [-0.3, -0.25) is 0 Å². The van der Waals surface area contributed by atoms with Crippen molar-refractivity contribution in [2.24, 2.45) is 5.41 Å². The summed E-state index contributed by atoms with van der Waals surface area (Å²) >= 11 is -1.66. The van der Waals surface area contributed by atoms with Crippen LogP contribution in [0.2, 0.25) is 17.7 Å². The first kappa shape index (κ1) is 14.9. The number of hydrogen-bond acceptors (Lipinski definition) is 0. The van der Waals surface area contributed by atoms with Crippen molar-refractivity contribution in [2.45, 2.75) is 83.0 Å². The molecule has 1 aliphatic carbocycles. The fourth-order valence-electron chi connectivity index (χ4n) is 4.20. The van der Waals surface area contributed by atoms with E-state index in [0.717, 1.165) is 5.41 Å². The summed E-state index contributed by atoms with van der Waals surface area (Å²) in [5.74, 6) is 0. The van der Waals surface area contributed by atoms with E-state index in [2.05, 4.69) is 26.0 Å². The molecule has 0 aromatic carbocycles. The van der Waals surface area contributed by atoms with Gasteiger partial charge in [0.2, 0.25) is 0 Å². The molecule has 1 heteroatoms. The Morgan fingerprint density at radius 2 is 1.39 bits per heavy atom. The van der Waals surface area contributed by atoms with Crippen molar-refractivity contribution in [1.29, 1.82) is 0 Å². The van der Waals surface area contributed by atoms with Gasteiger partial charge in [0.25, 0.3) is 0 Å². The third-order valence-corrected chi connectivity index (χ3v) is 21.3. The number of rotatable bonds is 6. The van der Waals surface area contributed by atoms with E-state index in [1.54, 1.807) is 43.4 Å². The first-order chi connectivity index (χ1) is 8.74. The molecule has 0 unspecified atom stereocenters. The predicted octanol–water partition coefficient (Wildman–Crippen LogP) is 6.17. The van der Waals surface area contributed by atoms with Crippen LogP contribution < -0.4 is 0 Å². The zero-order valence-electron chi connectivity index (χ0n) is 12.6. The van der Waals surface area contributed by atoms with Crippen LogP contribution in [0.25, 0.3) is 0 Å². The van der Waals surface area contributed by atoms with Crippen LogP contribution in [-0.2, 0) is 0 Å². The summed E-state index contributed by atoms with van der Waals surface area (Å²) in [5, 5.41) is 0. The minimum atomic E-state index is -1.66.